The number of piperidine rings is 1. The van der Waals surface area contributed by atoms with Crippen molar-refractivity contribution in [3.05, 3.63) is 65.7 Å². The van der Waals surface area contributed by atoms with E-state index in [1.54, 1.807) is 0 Å². The first kappa shape index (κ1) is 18.8. The smallest absolute Gasteiger partial charge is 0.255 e. The monoisotopic (exact) mass is 377 g/mol. The van der Waals surface area contributed by atoms with Gasteiger partial charge in [0, 0.05) is 12.0 Å². The quantitative estimate of drug-likeness (QED) is 0.804. The average Bonchev–Trinajstić information content (AvgIpc) is 3.02. The van der Waals surface area contributed by atoms with Crippen LogP contribution in [0.15, 0.2) is 54.6 Å². The standard InChI is InChI=1S/C23H27N3O2/c1-14(2)17-11-9-16(10-12-17)13-19-15(3)24-22-20(21(19)27)23(28)26(25-22)18-7-5-4-6-8-18/h4-12,14-15,19-20,22,24-25H,13H2,1-3H3. The zero-order chi connectivity index (χ0) is 19.8. The van der Waals surface area contributed by atoms with Crippen LogP contribution >= 0.6 is 0 Å². The van der Waals surface area contributed by atoms with E-state index < -0.39 is 5.92 Å². The lowest BCUT2D eigenvalue weighted by Crippen LogP contribution is -2.59. The van der Waals surface area contributed by atoms with E-state index in [0.717, 1.165) is 11.3 Å². The molecule has 2 heterocycles. The maximum Gasteiger partial charge on any atom is 0.255 e. The second-order valence-electron chi connectivity index (χ2n) is 8.16. The largest absolute Gasteiger partial charge is 0.298 e. The van der Waals surface area contributed by atoms with E-state index in [-0.39, 0.29) is 29.8 Å². The van der Waals surface area contributed by atoms with Gasteiger partial charge >= 0.3 is 0 Å². The number of amides is 1. The summed E-state index contributed by atoms with van der Waals surface area (Å²) in [5, 5.41) is 4.95. The third kappa shape index (κ3) is 3.36. The topological polar surface area (TPSA) is 61.4 Å². The number of benzene rings is 2. The molecule has 2 N–H and O–H groups in total. The van der Waals surface area contributed by atoms with E-state index in [2.05, 4.69) is 48.9 Å². The molecule has 0 spiro atoms. The summed E-state index contributed by atoms with van der Waals surface area (Å²) in [6.45, 7) is 6.37. The van der Waals surface area contributed by atoms with Crippen LogP contribution in [-0.2, 0) is 16.0 Å². The normalized spacial score (nSPS) is 27.4. The van der Waals surface area contributed by atoms with Crippen molar-refractivity contribution in [1.29, 1.82) is 0 Å². The number of fused-ring (bicyclic) bond motifs is 1. The third-order valence-corrected chi connectivity index (χ3v) is 5.92. The van der Waals surface area contributed by atoms with E-state index in [1.165, 1.54) is 10.6 Å². The molecule has 2 aromatic carbocycles. The van der Waals surface area contributed by atoms with Crippen LogP contribution in [0.2, 0.25) is 0 Å². The van der Waals surface area contributed by atoms with Gasteiger partial charge in [-0.05, 0) is 42.5 Å². The number of anilines is 1. The van der Waals surface area contributed by atoms with Gasteiger partial charge in [-0.1, -0.05) is 56.3 Å². The number of para-hydroxylation sites is 1. The van der Waals surface area contributed by atoms with Gasteiger partial charge in [-0.2, -0.15) is 0 Å². The first-order valence-corrected chi connectivity index (χ1v) is 9.99. The van der Waals surface area contributed by atoms with Gasteiger partial charge in [0.1, 0.15) is 5.92 Å². The van der Waals surface area contributed by atoms with E-state index in [4.69, 9.17) is 0 Å². The van der Waals surface area contributed by atoms with Crippen molar-refractivity contribution in [2.75, 3.05) is 5.01 Å². The maximum absolute atomic E-state index is 13.3. The number of hydrogen-bond donors (Lipinski definition) is 2. The SMILES string of the molecule is CC(C)c1ccc(CC2C(=O)C3C(=O)N(c4ccccc4)NC3NC2C)cc1. The van der Waals surface area contributed by atoms with Crippen molar-refractivity contribution in [1.82, 2.24) is 10.7 Å². The van der Waals surface area contributed by atoms with Gasteiger partial charge in [0.2, 0.25) is 0 Å². The molecule has 2 aliphatic rings. The highest BCUT2D eigenvalue weighted by Crippen LogP contribution is 2.31. The minimum absolute atomic E-state index is 0.00505. The van der Waals surface area contributed by atoms with Crippen molar-refractivity contribution in [2.45, 2.75) is 45.3 Å². The summed E-state index contributed by atoms with van der Waals surface area (Å²) in [7, 11) is 0. The molecule has 146 valence electrons. The fourth-order valence-corrected chi connectivity index (χ4v) is 4.20. The first-order valence-electron chi connectivity index (χ1n) is 9.99. The number of hydrogen-bond acceptors (Lipinski definition) is 4. The highest BCUT2D eigenvalue weighted by Gasteiger charge is 2.52. The van der Waals surface area contributed by atoms with Gasteiger partial charge in [0.15, 0.2) is 5.78 Å². The summed E-state index contributed by atoms with van der Waals surface area (Å²) >= 11 is 0. The van der Waals surface area contributed by atoms with Gasteiger partial charge in [0.05, 0.1) is 11.9 Å². The Bertz CT molecular complexity index is 863. The van der Waals surface area contributed by atoms with Crippen LogP contribution in [0.1, 0.15) is 37.8 Å². The molecule has 4 rings (SSSR count). The summed E-state index contributed by atoms with van der Waals surface area (Å²) in [4.78, 5) is 26.2. The number of carbonyl (C=O) groups is 2. The molecule has 4 atom stereocenters. The third-order valence-electron chi connectivity index (χ3n) is 5.92. The molecule has 5 nitrogen and oxygen atoms in total. The van der Waals surface area contributed by atoms with Crippen LogP contribution in [0.25, 0.3) is 0 Å². The average molecular weight is 377 g/mol. The molecule has 0 aromatic heterocycles. The van der Waals surface area contributed by atoms with Crippen LogP contribution in [-0.4, -0.2) is 23.9 Å². The molecule has 0 bridgehead atoms. The zero-order valence-corrected chi connectivity index (χ0v) is 16.6. The van der Waals surface area contributed by atoms with Crippen molar-refractivity contribution in [3.8, 4) is 0 Å². The van der Waals surface area contributed by atoms with Crippen molar-refractivity contribution >= 4 is 17.4 Å². The predicted octanol–water partition coefficient (Wildman–Crippen LogP) is 3.02. The Morgan fingerprint density at radius 3 is 2.32 bits per heavy atom. The fourth-order valence-electron chi connectivity index (χ4n) is 4.20. The summed E-state index contributed by atoms with van der Waals surface area (Å²) < 4.78 is 0. The lowest BCUT2D eigenvalue weighted by molar-refractivity contribution is -0.136. The van der Waals surface area contributed by atoms with Crippen LogP contribution < -0.4 is 15.8 Å². The van der Waals surface area contributed by atoms with E-state index in [1.807, 2.05) is 37.3 Å². The summed E-state index contributed by atoms with van der Waals surface area (Å²) in [6, 6.07) is 17.9. The Morgan fingerprint density at radius 2 is 1.68 bits per heavy atom. The molecule has 2 fully saturated rings. The summed E-state index contributed by atoms with van der Waals surface area (Å²) in [5.41, 5.74) is 6.35. The van der Waals surface area contributed by atoms with E-state index in [0.29, 0.717) is 12.3 Å². The van der Waals surface area contributed by atoms with Crippen LogP contribution in [0.5, 0.6) is 0 Å². The molecular formula is C23H27N3O2. The number of rotatable bonds is 4. The number of nitrogens with zero attached hydrogens (tertiary/aromatic N) is 1. The van der Waals surface area contributed by atoms with Crippen molar-refractivity contribution < 1.29 is 9.59 Å². The highest BCUT2D eigenvalue weighted by atomic mass is 16.2. The number of carbonyl (C=O) groups excluding carboxylic acids is 2. The lowest BCUT2D eigenvalue weighted by Gasteiger charge is -2.35. The van der Waals surface area contributed by atoms with Crippen LogP contribution in [0, 0.1) is 11.8 Å². The van der Waals surface area contributed by atoms with Crippen molar-refractivity contribution in [2.24, 2.45) is 11.8 Å². The molecule has 4 unspecified atom stereocenters. The molecule has 1 amide bonds. The summed E-state index contributed by atoms with van der Waals surface area (Å²) in [5.74, 6) is -0.567. The Hall–Kier alpha value is -2.50. The Kier molecular flexibility index (Phi) is 5.04. The van der Waals surface area contributed by atoms with Crippen LogP contribution in [0.4, 0.5) is 5.69 Å². The molecule has 0 saturated carbocycles. The Morgan fingerprint density at radius 1 is 1.00 bits per heavy atom. The van der Waals surface area contributed by atoms with Gasteiger partial charge in [-0.3, -0.25) is 14.9 Å². The van der Waals surface area contributed by atoms with Gasteiger partial charge in [-0.25, -0.2) is 10.4 Å². The summed E-state index contributed by atoms with van der Waals surface area (Å²) in [6.07, 6.45) is 0.294. The van der Waals surface area contributed by atoms with E-state index >= 15 is 0 Å². The van der Waals surface area contributed by atoms with Crippen LogP contribution in [0.3, 0.4) is 0 Å². The molecular weight excluding hydrogens is 350 g/mol. The molecule has 0 radical (unpaired) electrons. The van der Waals surface area contributed by atoms with E-state index in [9.17, 15) is 9.59 Å². The molecule has 28 heavy (non-hydrogen) atoms. The fraction of sp³-hybridized carbons (Fsp3) is 0.391. The lowest BCUT2D eigenvalue weighted by atomic mass is 9.78. The van der Waals surface area contributed by atoms with Gasteiger partial charge < -0.3 is 0 Å². The highest BCUT2D eigenvalue weighted by molar-refractivity contribution is 6.11. The molecule has 2 aromatic rings. The second kappa shape index (κ2) is 7.49. The molecule has 5 heteroatoms. The molecule has 2 saturated heterocycles. The van der Waals surface area contributed by atoms with Crippen molar-refractivity contribution in [3.63, 3.8) is 0 Å². The Balaban J connectivity index is 1.53. The number of Topliss-reactive ketones (excluding diaryl/α,β-unsaturated/α-hetero) is 1. The Labute approximate surface area is 166 Å². The molecule has 0 aliphatic carbocycles. The zero-order valence-electron chi connectivity index (χ0n) is 16.6. The minimum Gasteiger partial charge on any atom is -0.298 e. The number of hydrazine groups is 1. The van der Waals surface area contributed by atoms with Gasteiger partial charge in [-0.15, -0.1) is 0 Å². The maximum atomic E-state index is 13.3. The predicted molar refractivity (Wildman–Crippen MR) is 110 cm³/mol. The number of nitrogens with one attached hydrogen (secondary N) is 2. The minimum atomic E-state index is -0.684. The number of ketones is 1. The molecule has 2 aliphatic heterocycles. The second-order valence-corrected chi connectivity index (χ2v) is 8.16. The first-order chi connectivity index (χ1) is 13.5. The van der Waals surface area contributed by atoms with Gasteiger partial charge in [0.25, 0.3) is 5.91 Å².